The molecule has 0 saturated heterocycles. The Morgan fingerprint density at radius 1 is 1.23 bits per heavy atom. The summed E-state index contributed by atoms with van der Waals surface area (Å²) in [6.07, 6.45) is 1.85. The first-order chi connectivity index (χ1) is 12.6. The molecule has 0 spiro atoms. The fourth-order valence-electron chi connectivity index (χ4n) is 3.04. The van der Waals surface area contributed by atoms with E-state index < -0.39 is 0 Å². The van der Waals surface area contributed by atoms with Crippen molar-refractivity contribution < 1.29 is 9.66 Å². The highest BCUT2D eigenvalue weighted by Gasteiger charge is 2.18. The molecule has 0 atom stereocenters. The molecular formula is C20H23N3O3. The fourth-order valence-corrected chi connectivity index (χ4v) is 3.04. The molecule has 3 rings (SSSR count). The molecule has 0 unspecified atom stereocenters. The summed E-state index contributed by atoms with van der Waals surface area (Å²) in [5.41, 5.74) is 3.97. The van der Waals surface area contributed by atoms with Crippen LogP contribution in [-0.2, 0) is 6.54 Å². The lowest BCUT2D eigenvalue weighted by Gasteiger charge is -2.18. The van der Waals surface area contributed by atoms with Crippen molar-refractivity contribution in [2.45, 2.75) is 33.2 Å². The monoisotopic (exact) mass is 353 g/mol. The maximum absolute atomic E-state index is 11.2. The molecule has 1 aliphatic heterocycles. The van der Waals surface area contributed by atoms with Gasteiger partial charge in [-0.05, 0) is 30.5 Å². The van der Waals surface area contributed by atoms with Crippen LogP contribution >= 0.6 is 0 Å². The van der Waals surface area contributed by atoms with E-state index >= 15 is 0 Å². The van der Waals surface area contributed by atoms with Crippen LogP contribution in [0.15, 0.2) is 47.6 Å². The van der Waals surface area contributed by atoms with Gasteiger partial charge < -0.3 is 4.74 Å². The third-order valence-electron chi connectivity index (χ3n) is 4.34. The number of hydrogen-bond donors (Lipinski definition) is 0. The first-order valence-corrected chi connectivity index (χ1v) is 8.87. The lowest BCUT2D eigenvalue weighted by atomic mass is 9.98. The molecule has 0 aromatic heterocycles. The molecule has 1 heterocycles. The van der Waals surface area contributed by atoms with Gasteiger partial charge in [-0.25, -0.2) is 0 Å². The van der Waals surface area contributed by atoms with Crippen LogP contribution in [0, 0.1) is 10.1 Å². The maximum Gasteiger partial charge on any atom is 0.270 e. The molecular weight excluding hydrogens is 330 g/mol. The molecule has 2 aromatic rings. The van der Waals surface area contributed by atoms with Crippen LogP contribution in [0.5, 0.6) is 5.75 Å². The molecule has 26 heavy (non-hydrogen) atoms. The number of nitro benzene ring substituents is 1. The van der Waals surface area contributed by atoms with Crippen LogP contribution in [0.25, 0.3) is 11.1 Å². The van der Waals surface area contributed by atoms with Gasteiger partial charge in [0.2, 0.25) is 0 Å². The van der Waals surface area contributed by atoms with Gasteiger partial charge in [-0.2, -0.15) is 5.10 Å². The molecule has 6 heteroatoms. The van der Waals surface area contributed by atoms with Crippen molar-refractivity contribution in [1.29, 1.82) is 0 Å². The number of nitro groups is 1. The third kappa shape index (κ3) is 4.02. The quantitative estimate of drug-likeness (QED) is 0.537. The van der Waals surface area contributed by atoms with Crippen LogP contribution in [0.4, 0.5) is 5.69 Å². The second-order valence-electron chi connectivity index (χ2n) is 6.42. The van der Waals surface area contributed by atoms with E-state index in [-0.39, 0.29) is 10.6 Å². The van der Waals surface area contributed by atoms with E-state index in [0.29, 0.717) is 18.9 Å². The Kier molecular flexibility index (Phi) is 5.51. The molecule has 0 saturated carbocycles. The van der Waals surface area contributed by atoms with Crippen LogP contribution in [0.1, 0.15) is 32.3 Å². The number of non-ortho nitro benzene ring substituents is 1. The number of benzene rings is 2. The molecule has 0 radical (unpaired) electrons. The van der Waals surface area contributed by atoms with Crippen molar-refractivity contribution in [2.75, 3.05) is 13.2 Å². The van der Waals surface area contributed by atoms with Gasteiger partial charge in [0.15, 0.2) is 0 Å². The fraction of sp³-hybridized carbons (Fsp3) is 0.350. The molecule has 0 aliphatic carbocycles. The van der Waals surface area contributed by atoms with E-state index in [1.807, 2.05) is 43.1 Å². The Balaban J connectivity index is 2.01. The molecule has 1 aliphatic rings. The maximum atomic E-state index is 11.2. The van der Waals surface area contributed by atoms with Crippen molar-refractivity contribution in [1.82, 2.24) is 5.01 Å². The van der Waals surface area contributed by atoms with Crippen LogP contribution in [0.2, 0.25) is 0 Å². The number of rotatable bonds is 7. The first kappa shape index (κ1) is 17.9. The normalized spacial score (nSPS) is 13.6. The zero-order valence-corrected chi connectivity index (χ0v) is 15.1. The van der Waals surface area contributed by atoms with Crippen molar-refractivity contribution >= 4 is 11.4 Å². The molecule has 6 nitrogen and oxygen atoms in total. The van der Waals surface area contributed by atoms with Crippen LogP contribution < -0.4 is 4.74 Å². The summed E-state index contributed by atoms with van der Waals surface area (Å²) in [7, 11) is 0. The molecule has 2 aromatic carbocycles. The van der Waals surface area contributed by atoms with Gasteiger partial charge >= 0.3 is 0 Å². The van der Waals surface area contributed by atoms with Gasteiger partial charge in [0.1, 0.15) is 5.75 Å². The largest absolute Gasteiger partial charge is 0.493 e. The molecule has 0 bridgehead atoms. The van der Waals surface area contributed by atoms with Crippen LogP contribution in [0.3, 0.4) is 0 Å². The Labute approximate surface area is 153 Å². The van der Waals surface area contributed by atoms with Crippen molar-refractivity contribution in [3.8, 4) is 16.9 Å². The lowest BCUT2D eigenvalue weighted by molar-refractivity contribution is -0.384. The minimum atomic E-state index is -0.371. The first-order valence-electron chi connectivity index (χ1n) is 8.87. The number of hydrogen-bond acceptors (Lipinski definition) is 5. The van der Waals surface area contributed by atoms with Crippen molar-refractivity contribution in [3.63, 3.8) is 0 Å². The Morgan fingerprint density at radius 3 is 2.73 bits per heavy atom. The zero-order valence-electron chi connectivity index (χ0n) is 15.1. The Morgan fingerprint density at radius 2 is 2.04 bits per heavy atom. The standard InChI is InChI=1S/C20H23N3O3/c1-3-12-26-20-9-8-17(23(24)25)13-19(20)18-7-5-4-6-16(18)14-22-11-10-15(2)21-22/h4-9,13H,3,10-12,14H2,1-2H3. The van der Waals surface area contributed by atoms with E-state index in [0.717, 1.165) is 41.8 Å². The SMILES string of the molecule is CCCOc1ccc([N+](=O)[O-])cc1-c1ccccc1CN1CCC(C)=N1. The summed E-state index contributed by atoms with van der Waals surface area (Å²) in [5, 5.41) is 17.8. The molecule has 0 amide bonds. The highest BCUT2D eigenvalue weighted by molar-refractivity contribution is 5.83. The molecule has 0 N–H and O–H groups in total. The van der Waals surface area contributed by atoms with E-state index in [1.165, 1.54) is 6.07 Å². The van der Waals surface area contributed by atoms with E-state index in [2.05, 4.69) is 5.10 Å². The summed E-state index contributed by atoms with van der Waals surface area (Å²) in [6, 6.07) is 12.7. The van der Waals surface area contributed by atoms with Gasteiger partial charge in [0.25, 0.3) is 5.69 Å². The molecule has 136 valence electrons. The topological polar surface area (TPSA) is 68.0 Å². The van der Waals surface area contributed by atoms with Crippen molar-refractivity contribution in [2.24, 2.45) is 5.10 Å². The van der Waals surface area contributed by atoms with Gasteiger partial charge in [0, 0.05) is 36.4 Å². The average Bonchev–Trinajstić information content (AvgIpc) is 3.05. The predicted octanol–water partition coefficient (Wildman–Crippen LogP) is 4.63. The van der Waals surface area contributed by atoms with E-state index in [9.17, 15) is 10.1 Å². The van der Waals surface area contributed by atoms with Gasteiger partial charge in [-0.15, -0.1) is 0 Å². The molecule has 0 fully saturated rings. The Bertz CT molecular complexity index is 833. The Hall–Kier alpha value is -2.89. The highest BCUT2D eigenvalue weighted by atomic mass is 16.6. The summed E-state index contributed by atoms with van der Waals surface area (Å²) in [6.45, 7) is 6.20. The summed E-state index contributed by atoms with van der Waals surface area (Å²) < 4.78 is 5.85. The van der Waals surface area contributed by atoms with Gasteiger partial charge in [-0.3, -0.25) is 15.1 Å². The average molecular weight is 353 g/mol. The predicted molar refractivity (Wildman–Crippen MR) is 102 cm³/mol. The lowest BCUT2D eigenvalue weighted by Crippen LogP contribution is -2.14. The minimum absolute atomic E-state index is 0.0636. The van der Waals surface area contributed by atoms with E-state index in [1.54, 1.807) is 12.1 Å². The smallest absolute Gasteiger partial charge is 0.270 e. The van der Waals surface area contributed by atoms with Crippen LogP contribution in [-0.4, -0.2) is 28.8 Å². The number of ether oxygens (including phenoxy) is 1. The highest BCUT2D eigenvalue weighted by Crippen LogP contribution is 2.36. The third-order valence-corrected chi connectivity index (χ3v) is 4.34. The number of nitrogens with zero attached hydrogens (tertiary/aromatic N) is 3. The summed E-state index contributed by atoms with van der Waals surface area (Å²) in [4.78, 5) is 10.9. The van der Waals surface area contributed by atoms with Gasteiger partial charge in [-0.1, -0.05) is 31.2 Å². The van der Waals surface area contributed by atoms with E-state index in [4.69, 9.17) is 4.74 Å². The summed E-state index contributed by atoms with van der Waals surface area (Å²) in [5.74, 6) is 0.672. The van der Waals surface area contributed by atoms with Gasteiger partial charge in [0.05, 0.1) is 18.1 Å². The second kappa shape index (κ2) is 7.99. The van der Waals surface area contributed by atoms with Crippen molar-refractivity contribution in [3.05, 3.63) is 58.1 Å². The summed E-state index contributed by atoms with van der Waals surface area (Å²) >= 11 is 0. The number of hydrazone groups is 1. The second-order valence-corrected chi connectivity index (χ2v) is 6.42. The zero-order chi connectivity index (χ0) is 18.5. The minimum Gasteiger partial charge on any atom is -0.493 e.